The number of nitro benzene ring substituents is 1. The molecule has 0 saturated carbocycles. The minimum Gasteiger partial charge on any atom is -0.502 e. The maximum Gasteiger partial charge on any atom is 0.338 e. The topological polar surface area (TPSA) is 105 Å². The Morgan fingerprint density at radius 2 is 2.15 bits per heavy atom. The fourth-order valence-corrected chi connectivity index (χ4v) is 3.21. The number of hydrogen-bond donors (Lipinski definition) is 2. The first-order chi connectivity index (χ1) is 12.3. The van der Waals surface area contributed by atoms with Gasteiger partial charge in [0.1, 0.15) is 0 Å². The number of nitrogens with one attached hydrogen (secondary N) is 1. The molecule has 140 valence electrons. The molecule has 1 aliphatic rings. The number of esters is 1. The normalized spacial score (nSPS) is 17.1. The number of thiocarbonyl (C=S) groups is 1. The summed E-state index contributed by atoms with van der Waals surface area (Å²) in [6.07, 6.45) is 0.824. The average Bonchev–Trinajstić information content (AvgIpc) is 2.58. The second-order valence-corrected chi connectivity index (χ2v) is 6.15. The summed E-state index contributed by atoms with van der Waals surface area (Å²) in [7, 11) is 0. The van der Waals surface area contributed by atoms with E-state index in [1.807, 2.05) is 11.8 Å². The second kappa shape index (κ2) is 8.13. The van der Waals surface area contributed by atoms with Gasteiger partial charge in [0.25, 0.3) is 0 Å². The van der Waals surface area contributed by atoms with E-state index in [2.05, 4.69) is 5.32 Å². The van der Waals surface area contributed by atoms with E-state index in [1.54, 1.807) is 13.8 Å². The molecule has 1 aromatic carbocycles. The van der Waals surface area contributed by atoms with E-state index in [1.165, 1.54) is 18.2 Å². The maximum atomic E-state index is 12.6. The van der Waals surface area contributed by atoms with Gasteiger partial charge in [0.15, 0.2) is 10.9 Å². The van der Waals surface area contributed by atoms with Crippen molar-refractivity contribution < 1.29 is 19.6 Å². The lowest BCUT2D eigenvalue weighted by molar-refractivity contribution is -0.385. The van der Waals surface area contributed by atoms with Crippen molar-refractivity contribution in [3.8, 4) is 5.75 Å². The van der Waals surface area contributed by atoms with Gasteiger partial charge in [-0.1, -0.05) is 13.0 Å². The van der Waals surface area contributed by atoms with Gasteiger partial charge in [-0.15, -0.1) is 0 Å². The Morgan fingerprint density at radius 3 is 2.73 bits per heavy atom. The number of phenols is 1. The Morgan fingerprint density at radius 1 is 1.46 bits per heavy atom. The minimum atomic E-state index is -0.700. The smallest absolute Gasteiger partial charge is 0.338 e. The van der Waals surface area contributed by atoms with Crippen LogP contribution < -0.4 is 5.32 Å². The van der Waals surface area contributed by atoms with E-state index in [4.69, 9.17) is 17.0 Å². The van der Waals surface area contributed by atoms with Gasteiger partial charge >= 0.3 is 11.7 Å². The van der Waals surface area contributed by atoms with E-state index in [9.17, 15) is 20.0 Å². The summed E-state index contributed by atoms with van der Waals surface area (Å²) < 4.78 is 5.18. The highest BCUT2D eigenvalue weighted by atomic mass is 32.1. The van der Waals surface area contributed by atoms with Crippen LogP contribution >= 0.6 is 12.2 Å². The first-order valence-corrected chi connectivity index (χ1v) is 8.65. The molecule has 0 aliphatic carbocycles. The summed E-state index contributed by atoms with van der Waals surface area (Å²) in [5, 5.41) is 24.3. The zero-order valence-corrected chi connectivity index (χ0v) is 15.6. The Hall–Kier alpha value is -2.68. The van der Waals surface area contributed by atoms with Crippen molar-refractivity contribution in [1.29, 1.82) is 0 Å². The molecular formula is C17H21N3O5S. The van der Waals surface area contributed by atoms with Crippen LogP contribution in [0.25, 0.3) is 0 Å². The first-order valence-electron chi connectivity index (χ1n) is 8.25. The predicted molar refractivity (Wildman–Crippen MR) is 99.6 cm³/mol. The molecule has 0 radical (unpaired) electrons. The standard InChI is InChI=1S/C17H21N3O5S/c1-4-8-19-10(3)14(16(22)25-5-2)15(18-17(19)26)11-6-7-13(21)12(9-11)20(23)24/h6-7,9,15,21H,4-5,8H2,1-3H3,(H,18,26). The highest BCUT2D eigenvalue weighted by molar-refractivity contribution is 7.80. The van der Waals surface area contributed by atoms with E-state index < -0.39 is 28.4 Å². The van der Waals surface area contributed by atoms with Gasteiger partial charge in [-0.2, -0.15) is 0 Å². The second-order valence-electron chi connectivity index (χ2n) is 5.76. The van der Waals surface area contributed by atoms with Crippen molar-refractivity contribution in [3.05, 3.63) is 45.1 Å². The number of ether oxygens (including phenoxy) is 1. The third kappa shape index (κ3) is 3.77. The molecule has 0 aromatic heterocycles. The maximum absolute atomic E-state index is 12.6. The van der Waals surface area contributed by atoms with Crippen LogP contribution in [-0.4, -0.2) is 39.2 Å². The molecule has 1 unspecified atom stereocenters. The average molecular weight is 379 g/mol. The highest BCUT2D eigenvalue weighted by Gasteiger charge is 2.35. The van der Waals surface area contributed by atoms with Gasteiger partial charge in [-0.05, 0) is 44.1 Å². The molecule has 1 aromatic rings. The summed E-state index contributed by atoms with van der Waals surface area (Å²) in [5.74, 6) is -0.954. The molecule has 2 N–H and O–H groups in total. The highest BCUT2D eigenvalue weighted by Crippen LogP contribution is 2.35. The van der Waals surface area contributed by atoms with E-state index >= 15 is 0 Å². The van der Waals surface area contributed by atoms with E-state index in [0.29, 0.717) is 28.5 Å². The fraction of sp³-hybridized carbons (Fsp3) is 0.412. The number of carbonyl (C=O) groups is 1. The molecule has 0 saturated heterocycles. The zero-order valence-electron chi connectivity index (χ0n) is 14.8. The van der Waals surface area contributed by atoms with Crippen molar-refractivity contribution >= 4 is 29.0 Å². The molecule has 8 nitrogen and oxygen atoms in total. The van der Waals surface area contributed by atoms with Crippen molar-refractivity contribution in [2.45, 2.75) is 33.2 Å². The lowest BCUT2D eigenvalue weighted by Crippen LogP contribution is -2.48. The first kappa shape index (κ1) is 19.6. The summed E-state index contributed by atoms with van der Waals surface area (Å²) in [6.45, 7) is 6.31. The van der Waals surface area contributed by atoms with Crippen molar-refractivity contribution in [2.75, 3.05) is 13.2 Å². The summed E-state index contributed by atoms with van der Waals surface area (Å²) in [4.78, 5) is 24.8. The third-order valence-corrected chi connectivity index (χ3v) is 4.41. The molecule has 0 amide bonds. The van der Waals surface area contributed by atoms with Crippen LogP contribution in [0.4, 0.5) is 5.69 Å². The number of carbonyl (C=O) groups excluding carboxylic acids is 1. The predicted octanol–water partition coefficient (Wildman–Crippen LogP) is 2.78. The van der Waals surface area contributed by atoms with E-state index in [0.717, 1.165) is 6.42 Å². The van der Waals surface area contributed by atoms with Crippen molar-refractivity contribution in [3.63, 3.8) is 0 Å². The minimum absolute atomic E-state index is 0.205. The van der Waals surface area contributed by atoms with E-state index in [-0.39, 0.29) is 6.61 Å². The molecule has 26 heavy (non-hydrogen) atoms. The summed E-state index contributed by atoms with van der Waals surface area (Å²) in [6, 6.07) is 3.28. The molecule has 1 heterocycles. The number of benzene rings is 1. The number of allylic oxidation sites excluding steroid dienone is 1. The quantitative estimate of drug-likeness (QED) is 0.336. The zero-order chi connectivity index (χ0) is 19.4. The van der Waals surface area contributed by atoms with Crippen LogP contribution in [0, 0.1) is 10.1 Å². The number of nitro groups is 1. The van der Waals surface area contributed by atoms with Crippen LogP contribution in [0.1, 0.15) is 38.8 Å². The summed E-state index contributed by atoms with van der Waals surface area (Å²) >= 11 is 5.41. The number of aromatic hydroxyl groups is 1. The molecule has 0 spiro atoms. The number of rotatable bonds is 6. The van der Waals surface area contributed by atoms with Gasteiger partial charge in [-0.3, -0.25) is 10.1 Å². The Bertz CT molecular complexity index is 778. The number of nitrogens with zero attached hydrogens (tertiary/aromatic N) is 2. The number of hydrogen-bond acceptors (Lipinski definition) is 6. The van der Waals surface area contributed by atoms with Gasteiger partial charge in [0, 0.05) is 18.3 Å². The van der Waals surface area contributed by atoms with Crippen LogP contribution in [0.3, 0.4) is 0 Å². The van der Waals surface area contributed by atoms with Gasteiger partial charge < -0.3 is 20.1 Å². The molecule has 1 aliphatic heterocycles. The SMILES string of the molecule is CCCN1C(=S)NC(c2ccc(O)c([N+](=O)[O-])c2)C(C(=O)OCC)=C1C. The van der Waals surface area contributed by atoms with Crippen LogP contribution in [0.15, 0.2) is 29.5 Å². The largest absolute Gasteiger partial charge is 0.502 e. The van der Waals surface area contributed by atoms with Crippen molar-refractivity contribution in [1.82, 2.24) is 10.2 Å². The van der Waals surface area contributed by atoms with Crippen LogP contribution in [-0.2, 0) is 9.53 Å². The molecule has 2 rings (SSSR count). The molecular weight excluding hydrogens is 358 g/mol. The number of phenolic OH excluding ortho intramolecular Hbond substituents is 1. The Labute approximate surface area is 156 Å². The fourth-order valence-electron chi connectivity index (χ4n) is 2.86. The lowest BCUT2D eigenvalue weighted by Gasteiger charge is -2.37. The van der Waals surface area contributed by atoms with Gasteiger partial charge in [0.05, 0.1) is 23.1 Å². The Balaban J connectivity index is 2.58. The molecule has 1 atom stereocenters. The third-order valence-electron chi connectivity index (χ3n) is 4.07. The monoisotopic (exact) mass is 379 g/mol. The molecule has 0 bridgehead atoms. The molecule has 9 heteroatoms. The van der Waals surface area contributed by atoms with Gasteiger partial charge in [-0.25, -0.2) is 4.79 Å². The lowest BCUT2D eigenvalue weighted by atomic mass is 9.94. The van der Waals surface area contributed by atoms with Crippen LogP contribution in [0.2, 0.25) is 0 Å². The van der Waals surface area contributed by atoms with Gasteiger partial charge in [0.2, 0.25) is 0 Å². The summed E-state index contributed by atoms with van der Waals surface area (Å²) in [5.41, 5.74) is 0.992. The van der Waals surface area contributed by atoms with Crippen LogP contribution in [0.5, 0.6) is 5.75 Å². The molecule has 0 fully saturated rings. The Kier molecular flexibility index (Phi) is 6.14. The van der Waals surface area contributed by atoms with Crippen molar-refractivity contribution in [2.24, 2.45) is 0 Å².